The molecule has 1 rings (SSSR count). The van der Waals surface area contributed by atoms with E-state index in [1.165, 1.54) is 6.07 Å². The van der Waals surface area contributed by atoms with Gasteiger partial charge in [-0.3, -0.25) is 0 Å². The molecule has 0 saturated carbocycles. The third-order valence-corrected chi connectivity index (χ3v) is 2.01. The van der Waals surface area contributed by atoms with E-state index >= 15 is 0 Å². The van der Waals surface area contributed by atoms with Crippen molar-refractivity contribution in [2.24, 2.45) is 0 Å². The van der Waals surface area contributed by atoms with Gasteiger partial charge >= 0.3 is 0 Å². The Morgan fingerprint density at radius 2 is 1.44 bits per heavy atom. The van der Waals surface area contributed by atoms with Gasteiger partial charge in [0.15, 0.2) is 17.8 Å². The lowest BCUT2D eigenvalue weighted by Gasteiger charge is -2.18. The van der Waals surface area contributed by atoms with E-state index in [2.05, 4.69) is 0 Å². The van der Waals surface area contributed by atoms with Crippen LogP contribution in [0.3, 0.4) is 0 Å². The summed E-state index contributed by atoms with van der Waals surface area (Å²) in [6, 6.07) is 2.27. The SMILES string of the molecule is CCOC(OCC)c1cc(O)c(O)cc1O. The Balaban J connectivity index is 3.03. The standard InChI is InChI=1S/C11H16O5/c1-3-15-11(16-4-2)7-5-9(13)10(14)6-8(7)12/h5-6,11-14H,3-4H2,1-2H3. The highest BCUT2D eigenvalue weighted by Crippen LogP contribution is 2.36. The zero-order valence-electron chi connectivity index (χ0n) is 9.30. The molecule has 5 nitrogen and oxygen atoms in total. The van der Waals surface area contributed by atoms with E-state index in [0.29, 0.717) is 18.8 Å². The van der Waals surface area contributed by atoms with Crippen LogP contribution in [0.15, 0.2) is 12.1 Å². The van der Waals surface area contributed by atoms with Gasteiger partial charge in [0.2, 0.25) is 0 Å². The maximum absolute atomic E-state index is 9.61. The van der Waals surface area contributed by atoms with Gasteiger partial charge in [0, 0.05) is 19.3 Å². The molecule has 0 atom stereocenters. The summed E-state index contributed by atoms with van der Waals surface area (Å²) in [5.41, 5.74) is 0.291. The smallest absolute Gasteiger partial charge is 0.187 e. The molecule has 0 saturated heterocycles. The number of benzene rings is 1. The van der Waals surface area contributed by atoms with Gasteiger partial charge in [0.05, 0.1) is 5.56 Å². The molecule has 0 aliphatic carbocycles. The molecule has 3 N–H and O–H groups in total. The van der Waals surface area contributed by atoms with E-state index in [9.17, 15) is 15.3 Å². The number of hydrogen-bond acceptors (Lipinski definition) is 5. The van der Waals surface area contributed by atoms with Crippen LogP contribution in [-0.2, 0) is 9.47 Å². The Morgan fingerprint density at radius 3 is 1.94 bits per heavy atom. The van der Waals surface area contributed by atoms with E-state index in [-0.39, 0.29) is 17.2 Å². The molecule has 0 unspecified atom stereocenters. The molecule has 0 bridgehead atoms. The van der Waals surface area contributed by atoms with E-state index in [4.69, 9.17) is 9.47 Å². The van der Waals surface area contributed by atoms with E-state index in [0.717, 1.165) is 6.07 Å². The van der Waals surface area contributed by atoms with E-state index in [1.807, 2.05) is 0 Å². The predicted octanol–water partition coefficient (Wildman–Crippen LogP) is 1.88. The zero-order chi connectivity index (χ0) is 12.1. The van der Waals surface area contributed by atoms with Gasteiger partial charge < -0.3 is 24.8 Å². The van der Waals surface area contributed by atoms with Crippen LogP contribution in [0.25, 0.3) is 0 Å². The maximum Gasteiger partial charge on any atom is 0.187 e. The Hall–Kier alpha value is -1.46. The van der Waals surface area contributed by atoms with Crippen molar-refractivity contribution < 1.29 is 24.8 Å². The molecule has 5 heteroatoms. The Kier molecular flexibility index (Phi) is 4.39. The van der Waals surface area contributed by atoms with Crippen molar-refractivity contribution >= 4 is 0 Å². The fourth-order valence-electron chi connectivity index (χ4n) is 1.30. The van der Waals surface area contributed by atoms with Crippen molar-refractivity contribution in [1.82, 2.24) is 0 Å². The highest BCUT2D eigenvalue weighted by molar-refractivity contribution is 5.48. The molecular weight excluding hydrogens is 212 g/mol. The topological polar surface area (TPSA) is 79.2 Å². The van der Waals surface area contributed by atoms with Crippen LogP contribution in [0.5, 0.6) is 17.2 Å². The lowest BCUT2D eigenvalue weighted by molar-refractivity contribution is -0.141. The second-order valence-electron chi connectivity index (χ2n) is 3.14. The van der Waals surface area contributed by atoms with Crippen molar-refractivity contribution in [3.8, 4) is 17.2 Å². The first kappa shape index (κ1) is 12.6. The van der Waals surface area contributed by atoms with Gasteiger partial charge in [-0.2, -0.15) is 0 Å². The summed E-state index contributed by atoms with van der Waals surface area (Å²) in [6.45, 7) is 4.41. The van der Waals surface area contributed by atoms with Gasteiger partial charge in [0.25, 0.3) is 0 Å². The minimum Gasteiger partial charge on any atom is -0.507 e. The van der Waals surface area contributed by atoms with Gasteiger partial charge in [-0.05, 0) is 19.9 Å². The van der Waals surface area contributed by atoms with Crippen molar-refractivity contribution in [2.75, 3.05) is 13.2 Å². The van der Waals surface area contributed by atoms with Crippen molar-refractivity contribution in [2.45, 2.75) is 20.1 Å². The highest BCUT2D eigenvalue weighted by atomic mass is 16.7. The Morgan fingerprint density at radius 1 is 0.938 bits per heavy atom. The molecule has 0 spiro atoms. The minimum atomic E-state index is -0.749. The average Bonchev–Trinajstić information content (AvgIpc) is 2.23. The monoisotopic (exact) mass is 228 g/mol. The molecule has 1 aromatic carbocycles. The summed E-state index contributed by atoms with van der Waals surface area (Å²) in [5.74, 6) is -0.882. The average molecular weight is 228 g/mol. The first-order valence-electron chi connectivity index (χ1n) is 5.08. The number of phenolic OH excluding ortho intramolecular Hbond substituents is 3. The summed E-state index contributed by atoms with van der Waals surface area (Å²) in [6.07, 6.45) is -0.749. The molecule has 16 heavy (non-hydrogen) atoms. The number of ether oxygens (including phenoxy) is 2. The lowest BCUT2D eigenvalue weighted by Crippen LogP contribution is -2.09. The van der Waals surface area contributed by atoms with E-state index in [1.54, 1.807) is 13.8 Å². The fourth-order valence-corrected chi connectivity index (χ4v) is 1.30. The molecule has 0 radical (unpaired) electrons. The lowest BCUT2D eigenvalue weighted by atomic mass is 10.1. The second-order valence-corrected chi connectivity index (χ2v) is 3.14. The van der Waals surface area contributed by atoms with E-state index < -0.39 is 6.29 Å². The molecule has 0 aromatic heterocycles. The molecule has 0 fully saturated rings. The minimum absolute atomic E-state index is 0.179. The highest BCUT2D eigenvalue weighted by Gasteiger charge is 2.18. The third-order valence-electron chi connectivity index (χ3n) is 2.01. The third kappa shape index (κ3) is 2.77. The number of aromatic hydroxyl groups is 3. The van der Waals surface area contributed by atoms with Crippen molar-refractivity contribution in [3.05, 3.63) is 17.7 Å². The quantitative estimate of drug-likeness (QED) is 0.407. The summed E-state index contributed by atoms with van der Waals surface area (Å²) in [4.78, 5) is 0. The van der Waals surface area contributed by atoms with Crippen LogP contribution in [0.4, 0.5) is 0 Å². The number of hydrogen-bond donors (Lipinski definition) is 3. The first-order valence-corrected chi connectivity index (χ1v) is 5.08. The maximum atomic E-state index is 9.61. The number of rotatable bonds is 5. The van der Waals surface area contributed by atoms with Gasteiger partial charge in [0.1, 0.15) is 5.75 Å². The summed E-state index contributed by atoms with van der Waals surface area (Å²) in [7, 11) is 0. The first-order chi connectivity index (χ1) is 7.60. The normalized spacial score (nSPS) is 10.9. The zero-order valence-corrected chi connectivity index (χ0v) is 9.30. The van der Waals surface area contributed by atoms with Crippen LogP contribution in [0.1, 0.15) is 25.7 Å². The molecular formula is C11H16O5. The summed E-state index contributed by atoms with van der Waals surface area (Å²) < 4.78 is 10.5. The number of phenols is 3. The Labute approximate surface area is 93.9 Å². The Bertz CT molecular complexity index is 344. The van der Waals surface area contributed by atoms with Gasteiger partial charge in [-0.25, -0.2) is 0 Å². The van der Waals surface area contributed by atoms with Crippen LogP contribution in [0, 0.1) is 0 Å². The molecule has 90 valence electrons. The predicted molar refractivity (Wildman–Crippen MR) is 57.4 cm³/mol. The van der Waals surface area contributed by atoms with Gasteiger partial charge in [-0.15, -0.1) is 0 Å². The fraction of sp³-hybridized carbons (Fsp3) is 0.455. The van der Waals surface area contributed by atoms with Crippen LogP contribution < -0.4 is 0 Å². The van der Waals surface area contributed by atoms with Gasteiger partial charge in [-0.1, -0.05) is 0 Å². The van der Waals surface area contributed by atoms with Crippen LogP contribution in [-0.4, -0.2) is 28.5 Å². The molecule has 1 aromatic rings. The molecule has 0 amide bonds. The van der Waals surface area contributed by atoms with Crippen molar-refractivity contribution in [1.29, 1.82) is 0 Å². The molecule has 0 heterocycles. The second kappa shape index (κ2) is 5.58. The summed E-state index contributed by atoms with van der Waals surface area (Å²) >= 11 is 0. The van der Waals surface area contributed by atoms with Crippen LogP contribution in [0.2, 0.25) is 0 Å². The largest absolute Gasteiger partial charge is 0.507 e. The summed E-state index contributed by atoms with van der Waals surface area (Å²) in [5, 5.41) is 28.1. The van der Waals surface area contributed by atoms with Crippen LogP contribution >= 0.6 is 0 Å². The molecule has 0 aliphatic heterocycles. The molecule has 0 aliphatic rings. The van der Waals surface area contributed by atoms with Crippen molar-refractivity contribution in [3.63, 3.8) is 0 Å².